The fraction of sp³-hybridized carbons (Fsp3) is 0.240. The van der Waals surface area contributed by atoms with Crippen LogP contribution in [0.1, 0.15) is 18.4 Å². The van der Waals surface area contributed by atoms with Crippen LogP contribution < -0.4 is 20.7 Å². The number of aliphatic imine (C=N–C) groups is 1. The fourth-order valence-electron chi connectivity index (χ4n) is 4.13. The van der Waals surface area contributed by atoms with Gasteiger partial charge in [-0.05, 0) is 67.9 Å². The molecule has 3 aromatic carbocycles. The van der Waals surface area contributed by atoms with E-state index in [1.165, 1.54) is 5.56 Å². The maximum atomic E-state index is 5.90. The largest absolute Gasteiger partial charge is 0.457 e. The lowest BCUT2D eigenvalue weighted by Crippen LogP contribution is -2.58. The number of para-hydroxylation sites is 3. The Labute approximate surface area is 177 Å². The van der Waals surface area contributed by atoms with Crippen LogP contribution in [0.25, 0.3) is 0 Å². The zero-order valence-corrected chi connectivity index (χ0v) is 16.9. The van der Waals surface area contributed by atoms with E-state index in [-0.39, 0.29) is 5.54 Å². The van der Waals surface area contributed by atoms with Crippen LogP contribution in [-0.2, 0) is 6.54 Å². The van der Waals surface area contributed by atoms with Crippen LogP contribution in [0.4, 0.5) is 11.4 Å². The van der Waals surface area contributed by atoms with E-state index in [9.17, 15) is 0 Å². The Morgan fingerprint density at radius 3 is 2.33 bits per heavy atom. The summed E-state index contributed by atoms with van der Waals surface area (Å²) in [5, 5.41) is 10.9. The second kappa shape index (κ2) is 8.20. The number of piperidine rings is 1. The molecule has 5 rings (SSSR count). The lowest BCUT2D eigenvalue weighted by Gasteiger charge is -2.43. The van der Waals surface area contributed by atoms with Gasteiger partial charge in [0.05, 0.1) is 16.9 Å². The summed E-state index contributed by atoms with van der Waals surface area (Å²) < 4.78 is 5.90. The Kier molecular flexibility index (Phi) is 5.11. The summed E-state index contributed by atoms with van der Waals surface area (Å²) in [5.74, 6) is 2.72. The molecule has 3 aromatic rings. The summed E-state index contributed by atoms with van der Waals surface area (Å²) in [5.41, 5.74) is 3.18. The number of anilines is 1. The van der Waals surface area contributed by atoms with Crippen LogP contribution >= 0.6 is 0 Å². The molecule has 0 amide bonds. The van der Waals surface area contributed by atoms with Crippen molar-refractivity contribution in [3.63, 3.8) is 0 Å². The second-order valence-electron chi connectivity index (χ2n) is 7.85. The molecule has 0 aromatic heterocycles. The van der Waals surface area contributed by atoms with E-state index in [1.54, 1.807) is 0 Å². The predicted molar refractivity (Wildman–Crippen MR) is 122 cm³/mol. The number of nitrogens with zero attached hydrogens (tertiary/aromatic N) is 1. The summed E-state index contributed by atoms with van der Waals surface area (Å²) >= 11 is 0. The van der Waals surface area contributed by atoms with Crippen LogP contribution in [0.5, 0.6) is 11.5 Å². The lowest BCUT2D eigenvalue weighted by molar-refractivity contribution is 0.412. The first-order valence-corrected chi connectivity index (χ1v) is 10.5. The summed E-state index contributed by atoms with van der Waals surface area (Å²) in [6, 6.07) is 26.4. The van der Waals surface area contributed by atoms with E-state index in [4.69, 9.17) is 9.73 Å². The fourth-order valence-corrected chi connectivity index (χ4v) is 4.13. The molecule has 5 heteroatoms. The van der Waals surface area contributed by atoms with Gasteiger partial charge in [-0.15, -0.1) is 0 Å². The number of hydrogen-bond donors (Lipinski definition) is 3. The van der Waals surface area contributed by atoms with Crippen LogP contribution in [0.15, 0.2) is 83.9 Å². The highest BCUT2D eigenvalue weighted by atomic mass is 16.5. The standard InChI is InChI=1S/C25H26N4O/c1-2-6-20(7-3-1)30-21-12-10-19(11-13-21)18-27-24-25(14-16-26-17-15-25)29-23-9-5-4-8-22(23)28-24/h1-13,26,29H,14-18H2,(H,27,28). The molecule has 3 N–H and O–H groups in total. The highest BCUT2D eigenvalue weighted by Crippen LogP contribution is 2.36. The van der Waals surface area contributed by atoms with Gasteiger partial charge in [-0.25, -0.2) is 4.99 Å². The van der Waals surface area contributed by atoms with Crippen molar-refractivity contribution in [3.05, 3.63) is 84.4 Å². The molecule has 0 unspecified atom stereocenters. The van der Waals surface area contributed by atoms with E-state index in [0.717, 1.165) is 61.2 Å². The second-order valence-corrected chi connectivity index (χ2v) is 7.85. The molecular formula is C25H26N4O. The monoisotopic (exact) mass is 398 g/mol. The molecule has 1 fully saturated rings. The summed E-state index contributed by atoms with van der Waals surface area (Å²) in [4.78, 5) is 5.00. The van der Waals surface area contributed by atoms with Crippen molar-refractivity contribution < 1.29 is 4.74 Å². The number of ether oxygens (including phenoxy) is 1. The van der Waals surface area contributed by atoms with Crippen LogP contribution in [-0.4, -0.2) is 24.5 Å². The van der Waals surface area contributed by atoms with Gasteiger partial charge in [0.25, 0.3) is 0 Å². The minimum absolute atomic E-state index is 0.129. The number of rotatable bonds is 4. The molecule has 152 valence electrons. The van der Waals surface area contributed by atoms with Gasteiger partial charge in [-0.3, -0.25) is 0 Å². The zero-order valence-electron chi connectivity index (χ0n) is 16.9. The van der Waals surface area contributed by atoms with Crippen LogP contribution in [0.2, 0.25) is 0 Å². The van der Waals surface area contributed by atoms with Crippen molar-refractivity contribution in [1.82, 2.24) is 10.6 Å². The lowest BCUT2D eigenvalue weighted by atomic mass is 9.85. The Balaban J connectivity index is 1.31. The first kappa shape index (κ1) is 18.7. The first-order valence-electron chi connectivity index (χ1n) is 10.5. The summed E-state index contributed by atoms with van der Waals surface area (Å²) in [6.45, 7) is 2.70. The van der Waals surface area contributed by atoms with E-state index in [1.807, 2.05) is 48.5 Å². The highest BCUT2D eigenvalue weighted by Gasteiger charge is 2.40. The zero-order chi connectivity index (χ0) is 20.2. The van der Waals surface area contributed by atoms with Crippen molar-refractivity contribution in [2.24, 2.45) is 4.99 Å². The number of hydrogen-bond acceptors (Lipinski definition) is 5. The van der Waals surface area contributed by atoms with Gasteiger partial charge in [-0.2, -0.15) is 0 Å². The summed E-state index contributed by atoms with van der Waals surface area (Å²) in [6.07, 6.45) is 2.02. The Morgan fingerprint density at radius 2 is 1.53 bits per heavy atom. The molecule has 0 saturated carbocycles. The van der Waals surface area contributed by atoms with Crippen molar-refractivity contribution in [3.8, 4) is 11.5 Å². The summed E-state index contributed by atoms with van der Waals surface area (Å²) in [7, 11) is 0. The van der Waals surface area contributed by atoms with Crippen molar-refractivity contribution in [2.75, 3.05) is 18.4 Å². The van der Waals surface area contributed by atoms with E-state index >= 15 is 0 Å². The third kappa shape index (κ3) is 3.89. The minimum Gasteiger partial charge on any atom is -0.457 e. The molecule has 0 atom stereocenters. The maximum absolute atomic E-state index is 5.90. The molecule has 2 aliphatic rings. The molecular weight excluding hydrogens is 372 g/mol. The van der Waals surface area contributed by atoms with Gasteiger partial charge in [0.2, 0.25) is 0 Å². The SMILES string of the molecule is c1ccc(Oc2ccc(CNC3=Nc4ccccc4NC34CCNCC4)cc2)cc1. The van der Waals surface area contributed by atoms with Gasteiger partial charge in [0.1, 0.15) is 17.3 Å². The van der Waals surface area contributed by atoms with Gasteiger partial charge in [0, 0.05) is 6.54 Å². The number of fused-ring (bicyclic) bond motifs is 1. The Morgan fingerprint density at radius 1 is 0.833 bits per heavy atom. The van der Waals surface area contributed by atoms with E-state index in [0.29, 0.717) is 0 Å². The van der Waals surface area contributed by atoms with Crippen LogP contribution in [0.3, 0.4) is 0 Å². The molecule has 2 heterocycles. The maximum Gasteiger partial charge on any atom is 0.128 e. The number of amidine groups is 1. The molecule has 0 radical (unpaired) electrons. The minimum atomic E-state index is -0.129. The molecule has 0 aliphatic carbocycles. The average molecular weight is 399 g/mol. The van der Waals surface area contributed by atoms with Gasteiger partial charge in [-0.1, -0.05) is 42.5 Å². The Bertz CT molecular complexity index is 1020. The van der Waals surface area contributed by atoms with Crippen molar-refractivity contribution >= 4 is 17.2 Å². The number of benzene rings is 3. The van der Waals surface area contributed by atoms with Crippen molar-refractivity contribution in [2.45, 2.75) is 24.9 Å². The number of nitrogens with one attached hydrogen (secondary N) is 3. The van der Waals surface area contributed by atoms with Gasteiger partial charge in [0.15, 0.2) is 0 Å². The van der Waals surface area contributed by atoms with E-state index in [2.05, 4.69) is 46.3 Å². The predicted octanol–water partition coefficient (Wildman–Crippen LogP) is 4.85. The molecule has 2 aliphatic heterocycles. The Hall–Kier alpha value is -3.31. The molecule has 30 heavy (non-hydrogen) atoms. The molecule has 1 saturated heterocycles. The van der Waals surface area contributed by atoms with Gasteiger partial charge < -0.3 is 20.7 Å². The van der Waals surface area contributed by atoms with Gasteiger partial charge >= 0.3 is 0 Å². The third-order valence-corrected chi connectivity index (χ3v) is 5.78. The highest BCUT2D eigenvalue weighted by molar-refractivity contribution is 6.00. The average Bonchev–Trinajstić information content (AvgIpc) is 2.80. The molecule has 5 nitrogen and oxygen atoms in total. The first-order chi connectivity index (χ1) is 14.8. The third-order valence-electron chi connectivity index (χ3n) is 5.78. The smallest absolute Gasteiger partial charge is 0.128 e. The molecule has 0 bridgehead atoms. The normalized spacial score (nSPS) is 16.9. The molecule has 1 spiro atoms. The van der Waals surface area contributed by atoms with E-state index < -0.39 is 0 Å². The quantitative estimate of drug-likeness (QED) is 0.588. The topological polar surface area (TPSA) is 57.7 Å². The van der Waals surface area contributed by atoms with Crippen LogP contribution in [0, 0.1) is 0 Å². The van der Waals surface area contributed by atoms with Crippen molar-refractivity contribution in [1.29, 1.82) is 0 Å².